The van der Waals surface area contributed by atoms with Crippen LogP contribution >= 0.6 is 35.3 Å². The number of aryl methyl sites for hydroxylation is 2. The predicted octanol–water partition coefficient (Wildman–Crippen LogP) is 4.04. The van der Waals surface area contributed by atoms with Gasteiger partial charge in [-0.05, 0) is 44.4 Å². The van der Waals surface area contributed by atoms with E-state index in [9.17, 15) is 8.78 Å². The van der Waals surface area contributed by atoms with Crippen molar-refractivity contribution in [3.63, 3.8) is 0 Å². The van der Waals surface area contributed by atoms with Crippen LogP contribution in [-0.4, -0.2) is 24.5 Å². The van der Waals surface area contributed by atoms with Gasteiger partial charge in [0.1, 0.15) is 11.6 Å². The number of hydrogen-bond donors (Lipinski definition) is 2. The Hall–Kier alpha value is -1.29. The first-order chi connectivity index (χ1) is 11.6. The van der Waals surface area contributed by atoms with Crippen molar-refractivity contribution in [1.29, 1.82) is 0 Å². The van der Waals surface area contributed by atoms with E-state index in [0.29, 0.717) is 5.96 Å². The third-order valence-electron chi connectivity index (χ3n) is 3.45. The summed E-state index contributed by atoms with van der Waals surface area (Å²) in [4.78, 5) is 8.52. The minimum Gasteiger partial charge on any atom is -0.356 e. The number of benzene rings is 1. The first kappa shape index (κ1) is 21.8. The lowest BCUT2D eigenvalue weighted by Crippen LogP contribution is -2.37. The number of thiazole rings is 1. The van der Waals surface area contributed by atoms with Gasteiger partial charge >= 0.3 is 0 Å². The van der Waals surface area contributed by atoms with Gasteiger partial charge < -0.3 is 10.6 Å². The van der Waals surface area contributed by atoms with Gasteiger partial charge in [-0.3, -0.25) is 4.99 Å². The standard InChI is InChI=1S/C17H22F2N4S.HI/c1-12-11-24-16(23-12)5-3-4-8-21-17(20-2)22-10-13-9-14(18)6-7-15(13)19;/h6-7,9,11H,3-5,8,10H2,1-2H3,(H2,20,21,22);1H. The molecule has 0 spiro atoms. The molecular weight excluding hydrogens is 457 g/mol. The first-order valence-electron chi connectivity index (χ1n) is 7.88. The Kier molecular flexibility index (Phi) is 9.88. The normalized spacial score (nSPS) is 11.1. The molecule has 4 nitrogen and oxygen atoms in total. The van der Waals surface area contributed by atoms with Gasteiger partial charge in [-0.15, -0.1) is 35.3 Å². The molecule has 2 aromatic rings. The van der Waals surface area contributed by atoms with Gasteiger partial charge in [0.15, 0.2) is 5.96 Å². The molecule has 1 heterocycles. The summed E-state index contributed by atoms with van der Waals surface area (Å²) in [5, 5.41) is 9.38. The Morgan fingerprint density at radius 1 is 1.24 bits per heavy atom. The van der Waals surface area contributed by atoms with Crippen molar-refractivity contribution in [2.75, 3.05) is 13.6 Å². The Bertz CT molecular complexity index is 691. The van der Waals surface area contributed by atoms with Crippen molar-refractivity contribution in [2.24, 2.45) is 4.99 Å². The van der Waals surface area contributed by atoms with Gasteiger partial charge in [0, 0.05) is 36.8 Å². The van der Waals surface area contributed by atoms with Crippen LogP contribution in [0.3, 0.4) is 0 Å². The molecule has 0 fully saturated rings. The van der Waals surface area contributed by atoms with Crippen molar-refractivity contribution in [3.8, 4) is 0 Å². The lowest BCUT2D eigenvalue weighted by molar-refractivity contribution is 0.580. The predicted molar refractivity (Wildman–Crippen MR) is 110 cm³/mol. The van der Waals surface area contributed by atoms with E-state index in [1.165, 1.54) is 6.07 Å². The molecule has 0 radical (unpaired) electrons. The highest BCUT2D eigenvalue weighted by molar-refractivity contribution is 14.0. The highest BCUT2D eigenvalue weighted by atomic mass is 127. The molecule has 0 amide bonds. The highest BCUT2D eigenvalue weighted by Gasteiger charge is 2.05. The zero-order valence-electron chi connectivity index (χ0n) is 14.3. The number of halogens is 3. The van der Waals surface area contributed by atoms with E-state index in [2.05, 4.69) is 26.0 Å². The number of guanidine groups is 1. The quantitative estimate of drug-likeness (QED) is 0.272. The maximum Gasteiger partial charge on any atom is 0.191 e. The largest absolute Gasteiger partial charge is 0.356 e. The molecule has 0 atom stereocenters. The van der Waals surface area contributed by atoms with Crippen LogP contribution in [0, 0.1) is 18.6 Å². The van der Waals surface area contributed by atoms with E-state index in [-0.39, 0.29) is 36.1 Å². The van der Waals surface area contributed by atoms with Crippen LogP contribution in [0.2, 0.25) is 0 Å². The van der Waals surface area contributed by atoms with Crippen LogP contribution in [0.5, 0.6) is 0 Å². The molecule has 0 saturated carbocycles. The van der Waals surface area contributed by atoms with E-state index >= 15 is 0 Å². The summed E-state index contributed by atoms with van der Waals surface area (Å²) in [6.07, 6.45) is 2.99. The summed E-state index contributed by atoms with van der Waals surface area (Å²) in [7, 11) is 1.65. The monoisotopic (exact) mass is 480 g/mol. The fourth-order valence-electron chi connectivity index (χ4n) is 2.20. The molecule has 0 bridgehead atoms. The summed E-state index contributed by atoms with van der Waals surface area (Å²) >= 11 is 1.69. The van der Waals surface area contributed by atoms with Gasteiger partial charge in [-0.1, -0.05) is 0 Å². The van der Waals surface area contributed by atoms with E-state index < -0.39 is 11.6 Å². The second-order valence-electron chi connectivity index (χ2n) is 5.43. The Balaban J connectivity index is 0.00000312. The van der Waals surface area contributed by atoms with E-state index in [1.807, 2.05) is 6.92 Å². The molecule has 0 aliphatic carbocycles. The molecule has 2 N–H and O–H groups in total. The molecule has 0 aliphatic heterocycles. The van der Waals surface area contributed by atoms with E-state index in [1.54, 1.807) is 18.4 Å². The Morgan fingerprint density at radius 2 is 2.04 bits per heavy atom. The topological polar surface area (TPSA) is 49.3 Å². The van der Waals surface area contributed by atoms with Crippen molar-refractivity contribution >= 4 is 41.3 Å². The lowest BCUT2D eigenvalue weighted by atomic mass is 10.2. The molecule has 0 unspecified atom stereocenters. The fraction of sp³-hybridized carbons (Fsp3) is 0.412. The van der Waals surface area contributed by atoms with Gasteiger partial charge in [0.05, 0.1) is 5.01 Å². The molecule has 8 heteroatoms. The minimum atomic E-state index is -0.450. The number of nitrogens with zero attached hydrogens (tertiary/aromatic N) is 2. The molecule has 2 rings (SSSR count). The van der Waals surface area contributed by atoms with Crippen molar-refractivity contribution in [2.45, 2.75) is 32.7 Å². The van der Waals surface area contributed by atoms with Crippen LogP contribution in [0.4, 0.5) is 8.78 Å². The summed E-state index contributed by atoms with van der Waals surface area (Å²) in [6.45, 7) is 2.94. The molecule has 0 aliphatic rings. The summed E-state index contributed by atoms with van der Waals surface area (Å²) in [5.74, 6) is -0.310. The smallest absolute Gasteiger partial charge is 0.191 e. The third-order valence-corrected chi connectivity index (χ3v) is 4.48. The van der Waals surface area contributed by atoms with Gasteiger partial charge in [-0.2, -0.15) is 0 Å². The zero-order valence-corrected chi connectivity index (χ0v) is 17.5. The number of aromatic nitrogens is 1. The molecule has 1 aromatic carbocycles. The van der Waals surface area contributed by atoms with Crippen LogP contribution in [0.1, 0.15) is 29.1 Å². The molecule has 138 valence electrons. The van der Waals surface area contributed by atoms with Gasteiger partial charge in [-0.25, -0.2) is 13.8 Å². The number of unbranched alkanes of at least 4 members (excludes halogenated alkanes) is 1. The summed E-state index contributed by atoms with van der Waals surface area (Å²) in [6, 6.07) is 3.42. The average Bonchev–Trinajstić information content (AvgIpc) is 2.98. The SMILES string of the molecule is CN=C(NCCCCc1nc(C)cs1)NCc1cc(F)ccc1F.I. The maximum atomic E-state index is 13.6. The van der Waals surface area contributed by atoms with Crippen LogP contribution in [0.25, 0.3) is 0 Å². The number of rotatable bonds is 7. The van der Waals surface area contributed by atoms with Crippen LogP contribution < -0.4 is 10.6 Å². The average molecular weight is 480 g/mol. The fourth-order valence-corrected chi connectivity index (χ4v) is 3.02. The van der Waals surface area contributed by atoms with Crippen LogP contribution in [-0.2, 0) is 13.0 Å². The van der Waals surface area contributed by atoms with E-state index in [4.69, 9.17) is 0 Å². The van der Waals surface area contributed by atoms with Crippen molar-refractivity contribution in [1.82, 2.24) is 15.6 Å². The number of aliphatic imine (C=N–C) groups is 1. The summed E-state index contributed by atoms with van der Waals surface area (Å²) < 4.78 is 26.7. The minimum absolute atomic E-state index is 0. The second-order valence-corrected chi connectivity index (χ2v) is 6.37. The van der Waals surface area contributed by atoms with Crippen molar-refractivity contribution < 1.29 is 8.78 Å². The molecule has 25 heavy (non-hydrogen) atoms. The Labute approximate surface area is 168 Å². The third kappa shape index (κ3) is 7.64. The van der Waals surface area contributed by atoms with Crippen LogP contribution in [0.15, 0.2) is 28.6 Å². The Morgan fingerprint density at radius 3 is 2.72 bits per heavy atom. The number of hydrogen-bond acceptors (Lipinski definition) is 3. The zero-order chi connectivity index (χ0) is 17.4. The molecule has 0 saturated heterocycles. The van der Waals surface area contributed by atoms with Crippen molar-refractivity contribution in [3.05, 3.63) is 51.5 Å². The van der Waals surface area contributed by atoms with E-state index in [0.717, 1.165) is 48.6 Å². The molecular formula is C17H23F2IN4S. The second kappa shape index (κ2) is 11.3. The molecule has 1 aromatic heterocycles. The maximum absolute atomic E-state index is 13.6. The first-order valence-corrected chi connectivity index (χ1v) is 8.76. The lowest BCUT2D eigenvalue weighted by Gasteiger charge is -2.12. The van der Waals surface area contributed by atoms with Gasteiger partial charge in [0.2, 0.25) is 0 Å². The van der Waals surface area contributed by atoms with Gasteiger partial charge in [0.25, 0.3) is 0 Å². The summed E-state index contributed by atoms with van der Waals surface area (Å²) in [5.41, 5.74) is 1.35. The number of nitrogens with one attached hydrogen (secondary N) is 2. The highest BCUT2D eigenvalue weighted by Crippen LogP contribution is 2.11.